The highest BCUT2D eigenvalue weighted by Gasteiger charge is 2.23. The minimum atomic E-state index is -0.0419. The Bertz CT molecular complexity index is 797. The number of benzene rings is 1. The fourth-order valence-electron chi connectivity index (χ4n) is 3.15. The Morgan fingerprint density at radius 1 is 1.22 bits per heavy atom. The summed E-state index contributed by atoms with van der Waals surface area (Å²) in [5.41, 5.74) is 0.729. The molecule has 0 bridgehead atoms. The lowest BCUT2D eigenvalue weighted by Crippen LogP contribution is -2.46. The van der Waals surface area contributed by atoms with Gasteiger partial charge in [0.2, 0.25) is 5.91 Å². The van der Waals surface area contributed by atoms with Gasteiger partial charge in [-0.3, -0.25) is 14.5 Å². The van der Waals surface area contributed by atoms with Crippen LogP contribution >= 0.6 is 11.3 Å². The number of hydrogen-bond donors (Lipinski definition) is 2. The summed E-state index contributed by atoms with van der Waals surface area (Å²) in [6.45, 7) is 3.93. The zero-order chi connectivity index (χ0) is 19.2. The molecule has 0 saturated carbocycles. The molecule has 0 spiro atoms. The molecule has 2 heterocycles. The Morgan fingerprint density at radius 2 is 2.00 bits per heavy atom. The SMILES string of the molecule is COc1cccc(NC(=O)CN2CCC(NC(=O)c3ccc(C)s3)CC2)c1. The summed E-state index contributed by atoms with van der Waals surface area (Å²) in [6.07, 6.45) is 1.70. The molecule has 2 aromatic rings. The molecule has 1 saturated heterocycles. The minimum Gasteiger partial charge on any atom is -0.497 e. The van der Waals surface area contributed by atoms with Gasteiger partial charge in [0.1, 0.15) is 5.75 Å². The predicted octanol–water partition coefficient (Wildman–Crippen LogP) is 2.90. The number of methoxy groups -OCH3 is 1. The number of aryl methyl sites for hydroxylation is 1. The van der Waals surface area contributed by atoms with Crippen molar-refractivity contribution in [2.75, 3.05) is 32.1 Å². The molecule has 1 aliphatic rings. The molecule has 3 rings (SSSR count). The number of rotatable bonds is 6. The fraction of sp³-hybridized carbons (Fsp3) is 0.400. The maximum atomic E-state index is 12.3. The molecule has 1 aliphatic heterocycles. The average molecular weight is 388 g/mol. The largest absolute Gasteiger partial charge is 0.497 e. The number of anilines is 1. The van der Waals surface area contributed by atoms with E-state index in [0.29, 0.717) is 12.3 Å². The van der Waals surface area contributed by atoms with E-state index in [1.807, 2.05) is 37.3 Å². The van der Waals surface area contributed by atoms with Gasteiger partial charge < -0.3 is 15.4 Å². The molecule has 6 nitrogen and oxygen atoms in total. The second-order valence-electron chi connectivity index (χ2n) is 6.71. The molecule has 0 unspecified atom stereocenters. The molecule has 2 N–H and O–H groups in total. The smallest absolute Gasteiger partial charge is 0.261 e. The Hall–Kier alpha value is -2.38. The quantitative estimate of drug-likeness (QED) is 0.800. The number of amides is 2. The van der Waals surface area contributed by atoms with Crippen LogP contribution in [0.5, 0.6) is 5.75 Å². The Balaban J connectivity index is 1.42. The van der Waals surface area contributed by atoms with Crippen molar-refractivity contribution < 1.29 is 14.3 Å². The lowest BCUT2D eigenvalue weighted by atomic mass is 10.0. The van der Waals surface area contributed by atoms with Crippen LogP contribution in [-0.4, -0.2) is 49.5 Å². The highest BCUT2D eigenvalue weighted by molar-refractivity contribution is 7.13. The topological polar surface area (TPSA) is 70.7 Å². The third-order valence-corrected chi connectivity index (χ3v) is 5.61. The van der Waals surface area contributed by atoms with Crippen LogP contribution in [0.1, 0.15) is 27.4 Å². The first-order chi connectivity index (χ1) is 13.0. The summed E-state index contributed by atoms with van der Waals surface area (Å²) in [6, 6.07) is 11.3. The van der Waals surface area contributed by atoms with Crippen molar-refractivity contribution in [3.05, 3.63) is 46.2 Å². The van der Waals surface area contributed by atoms with E-state index in [1.165, 1.54) is 11.3 Å². The number of ether oxygens (including phenoxy) is 1. The van der Waals surface area contributed by atoms with Crippen molar-refractivity contribution in [3.8, 4) is 5.75 Å². The number of nitrogens with one attached hydrogen (secondary N) is 2. The van der Waals surface area contributed by atoms with Crippen molar-refractivity contribution in [2.45, 2.75) is 25.8 Å². The lowest BCUT2D eigenvalue weighted by Gasteiger charge is -2.31. The zero-order valence-electron chi connectivity index (χ0n) is 15.7. The average Bonchev–Trinajstić information content (AvgIpc) is 3.10. The first-order valence-electron chi connectivity index (χ1n) is 9.07. The molecule has 0 aliphatic carbocycles. The summed E-state index contributed by atoms with van der Waals surface area (Å²) < 4.78 is 5.17. The third kappa shape index (κ3) is 5.55. The summed E-state index contributed by atoms with van der Waals surface area (Å²) in [5.74, 6) is 0.674. The van der Waals surface area contributed by atoms with Gasteiger partial charge in [0.25, 0.3) is 5.91 Å². The number of piperidine rings is 1. The van der Waals surface area contributed by atoms with E-state index in [9.17, 15) is 9.59 Å². The molecule has 1 aromatic carbocycles. The standard InChI is InChI=1S/C20H25N3O3S/c1-14-6-7-18(27-14)20(25)22-15-8-10-23(11-9-15)13-19(24)21-16-4-3-5-17(12-16)26-2/h3-7,12,15H,8-11,13H2,1-2H3,(H,21,24)(H,22,25). The molecule has 144 valence electrons. The van der Waals surface area contributed by atoms with Gasteiger partial charge in [-0.2, -0.15) is 0 Å². The summed E-state index contributed by atoms with van der Waals surface area (Å²) in [5, 5.41) is 6.01. The van der Waals surface area contributed by atoms with Gasteiger partial charge in [-0.05, 0) is 44.0 Å². The van der Waals surface area contributed by atoms with Gasteiger partial charge in [-0.25, -0.2) is 0 Å². The third-order valence-electron chi connectivity index (χ3n) is 4.61. The number of carbonyl (C=O) groups excluding carboxylic acids is 2. The van der Waals surface area contributed by atoms with Crippen molar-refractivity contribution in [2.24, 2.45) is 0 Å². The molecular formula is C20H25N3O3S. The van der Waals surface area contributed by atoms with Gasteiger partial charge in [0, 0.05) is 35.8 Å². The molecule has 1 aromatic heterocycles. The number of hydrogen-bond acceptors (Lipinski definition) is 5. The molecule has 2 amide bonds. The van der Waals surface area contributed by atoms with E-state index < -0.39 is 0 Å². The second kappa shape index (κ2) is 9.01. The predicted molar refractivity (Wildman–Crippen MR) is 108 cm³/mol. The number of carbonyl (C=O) groups is 2. The lowest BCUT2D eigenvalue weighted by molar-refractivity contribution is -0.117. The summed E-state index contributed by atoms with van der Waals surface area (Å²) in [4.78, 5) is 28.5. The van der Waals surface area contributed by atoms with Crippen LogP contribution in [0, 0.1) is 6.92 Å². The van der Waals surface area contributed by atoms with Crippen LogP contribution in [-0.2, 0) is 4.79 Å². The number of nitrogens with zero attached hydrogens (tertiary/aromatic N) is 1. The van der Waals surface area contributed by atoms with Crippen LogP contribution in [0.15, 0.2) is 36.4 Å². The van der Waals surface area contributed by atoms with Gasteiger partial charge in [-0.15, -0.1) is 11.3 Å². The van der Waals surface area contributed by atoms with Crippen molar-refractivity contribution in [3.63, 3.8) is 0 Å². The van der Waals surface area contributed by atoms with Crippen LogP contribution in [0.4, 0.5) is 5.69 Å². The Labute approximate surface area is 163 Å². The van der Waals surface area contributed by atoms with Crippen molar-refractivity contribution >= 4 is 28.8 Å². The highest BCUT2D eigenvalue weighted by Crippen LogP contribution is 2.18. The van der Waals surface area contributed by atoms with E-state index in [4.69, 9.17) is 4.74 Å². The molecule has 0 atom stereocenters. The number of likely N-dealkylation sites (tertiary alicyclic amines) is 1. The van der Waals surface area contributed by atoms with Gasteiger partial charge >= 0.3 is 0 Å². The van der Waals surface area contributed by atoms with Gasteiger partial charge in [0.05, 0.1) is 18.5 Å². The Kier molecular flexibility index (Phi) is 6.47. The second-order valence-corrected chi connectivity index (χ2v) is 8.00. The van der Waals surface area contributed by atoms with Crippen LogP contribution in [0.25, 0.3) is 0 Å². The zero-order valence-corrected chi connectivity index (χ0v) is 16.5. The number of thiophene rings is 1. The van der Waals surface area contributed by atoms with E-state index in [1.54, 1.807) is 13.2 Å². The fourth-order valence-corrected chi connectivity index (χ4v) is 3.92. The molecule has 7 heteroatoms. The first-order valence-corrected chi connectivity index (χ1v) is 9.88. The minimum absolute atomic E-state index is 0.00215. The molecule has 27 heavy (non-hydrogen) atoms. The van der Waals surface area contributed by atoms with Crippen LogP contribution in [0.3, 0.4) is 0 Å². The summed E-state index contributed by atoms with van der Waals surface area (Å²) >= 11 is 1.51. The Morgan fingerprint density at radius 3 is 2.67 bits per heavy atom. The highest BCUT2D eigenvalue weighted by atomic mass is 32.1. The van der Waals surface area contributed by atoms with Crippen molar-refractivity contribution in [1.82, 2.24) is 10.2 Å². The summed E-state index contributed by atoms with van der Waals surface area (Å²) in [7, 11) is 1.60. The van der Waals surface area contributed by atoms with Gasteiger partial charge in [-0.1, -0.05) is 6.07 Å². The maximum absolute atomic E-state index is 12.3. The molecule has 1 fully saturated rings. The van der Waals surface area contributed by atoms with Crippen LogP contribution in [0.2, 0.25) is 0 Å². The van der Waals surface area contributed by atoms with E-state index in [0.717, 1.165) is 41.4 Å². The van der Waals surface area contributed by atoms with E-state index in [-0.39, 0.29) is 17.9 Å². The molecular weight excluding hydrogens is 362 g/mol. The maximum Gasteiger partial charge on any atom is 0.261 e. The first kappa shape index (κ1) is 19.4. The van der Waals surface area contributed by atoms with E-state index in [2.05, 4.69) is 15.5 Å². The normalized spacial score (nSPS) is 15.3. The van der Waals surface area contributed by atoms with Crippen molar-refractivity contribution in [1.29, 1.82) is 0 Å². The van der Waals surface area contributed by atoms with Gasteiger partial charge in [0.15, 0.2) is 0 Å². The molecule has 0 radical (unpaired) electrons. The van der Waals surface area contributed by atoms with E-state index >= 15 is 0 Å². The van der Waals surface area contributed by atoms with Crippen LogP contribution < -0.4 is 15.4 Å². The monoisotopic (exact) mass is 387 g/mol.